The van der Waals surface area contributed by atoms with Crippen LogP contribution in [0, 0.1) is 0 Å². The quantitative estimate of drug-likeness (QED) is 0.436. The SMILES string of the molecule is O=C1OC(c2sc3ccccc3c2Cl)=N/C1=C/c1ccc(Cl)cc1. The first kappa shape index (κ1) is 15.4. The van der Waals surface area contributed by atoms with E-state index >= 15 is 0 Å². The van der Waals surface area contributed by atoms with Gasteiger partial charge in [0, 0.05) is 15.1 Å². The smallest absolute Gasteiger partial charge is 0.363 e. The van der Waals surface area contributed by atoms with Gasteiger partial charge in [-0.15, -0.1) is 11.3 Å². The van der Waals surface area contributed by atoms with E-state index in [4.69, 9.17) is 27.9 Å². The number of halogens is 2. The van der Waals surface area contributed by atoms with E-state index in [-0.39, 0.29) is 11.6 Å². The predicted octanol–water partition coefficient (Wildman–Crippen LogP) is 5.55. The zero-order valence-corrected chi connectivity index (χ0v) is 14.5. The fourth-order valence-electron chi connectivity index (χ4n) is 2.37. The zero-order valence-electron chi connectivity index (χ0n) is 12.1. The van der Waals surface area contributed by atoms with Crippen LogP contribution in [-0.4, -0.2) is 11.9 Å². The molecule has 0 unspecified atom stereocenters. The Hall–Kier alpha value is -2.14. The van der Waals surface area contributed by atoms with Gasteiger partial charge in [-0.25, -0.2) is 9.79 Å². The number of hydrogen-bond donors (Lipinski definition) is 0. The Labute approximate surface area is 151 Å². The number of fused-ring (bicyclic) bond motifs is 1. The monoisotopic (exact) mass is 373 g/mol. The van der Waals surface area contributed by atoms with Crippen molar-refractivity contribution in [2.75, 3.05) is 0 Å². The van der Waals surface area contributed by atoms with Crippen LogP contribution in [0.25, 0.3) is 16.2 Å². The number of esters is 1. The minimum atomic E-state index is -0.492. The van der Waals surface area contributed by atoms with Crippen LogP contribution in [0.5, 0.6) is 0 Å². The highest BCUT2D eigenvalue weighted by Crippen LogP contribution is 2.37. The van der Waals surface area contributed by atoms with Crippen LogP contribution in [0.3, 0.4) is 0 Å². The summed E-state index contributed by atoms with van der Waals surface area (Å²) in [4.78, 5) is 17.1. The summed E-state index contributed by atoms with van der Waals surface area (Å²) in [5, 5.41) is 2.11. The first-order chi connectivity index (χ1) is 11.6. The Morgan fingerprint density at radius 1 is 1.04 bits per heavy atom. The largest absolute Gasteiger partial charge is 0.401 e. The van der Waals surface area contributed by atoms with Gasteiger partial charge in [-0.1, -0.05) is 53.5 Å². The number of ether oxygens (including phenoxy) is 1. The molecule has 24 heavy (non-hydrogen) atoms. The van der Waals surface area contributed by atoms with Crippen molar-refractivity contribution in [3.8, 4) is 0 Å². The molecule has 1 aromatic heterocycles. The molecule has 1 aliphatic heterocycles. The second-order valence-corrected chi connectivity index (χ2v) is 7.00. The van der Waals surface area contributed by atoms with E-state index in [1.807, 2.05) is 36.4 Å². The first-order valence-corrected chi connectivity index (χ1v) is 8.64. The lowest BCUT2D eigenvalue weighted by molar-refractivity contribution is -0.129. The molecule has 2 aromatic carbocycles. The maximum absolute atomic E-state index is 12.1. The van der Waals surface area contributed by atoms with E-state index < -0.39 is 5.97 Å². The average Bonchev–Trinajstić information content (AvgIpc) is 3.11. The molecule has 6 heteroatoms. The molecule has 4 rings (SSSR count). The number of aliphatic imine (C=N–C) groups is 1. The van der Waals surface area contributed by atoms with E-state index in [0.717, 1.165) is 15.6 Å². The van der Waals surface area contributed by atoms with Crippen molar-refractivity contribution in [1.29, 1.82) is 0 Å². The lowest BCUT2D eigenvalue weighted by Crippen LogP contribution is -2.04. The summed E-state index contributed by atoms with van der Waals surface area (Å²) < 4.78 is 6.33. The Balaban J connectivity index is 1.75. The van der Waals surface area contributed by atoms with Crippen molar-refractivity contribution in [3.63, 3.8) is 0 Å². The van der Waals surface area contributed by atoms with Crippen molar-refractivity contribution in [1.82, 2.24) is 0 Å². The molecule has 0 radical (unpaired) electrons. The number of nitrogens with zero attached hydrogens (tertiary/aromatic N) is 1. The topological polar surface area (TPSA) is 38.7 Å². The summed E-state index contributed by atoms with van der Waals surface area (Å²) in [6.07, 6.45) is 1.66. The van der Waals surface area contributed by atoms with Crippen LogP contribution < -0.4 is 0 Å². The molecule has 0 saturated carbocycles. The van der Waals surface area contributed by atoms with Gasteiger partial charge in [0.15, 0.2) is 5.70 Å². The number of rotatable bonds is 2. The fraction of sp³-hybridized carbons (Fsp3) is 0. The van der Waals surface area contributed by atoms with Crippen LogP contribution in [0.15, 0.2) is 59.2 Å². The Morgan fingerprint density at radius 2 is 1.79 bits per heavy atom. The minimum Gasteiger partial charge on any atom is -0.401 e. The number of carbonyl (C=O) groups is 1. The highest BCUT2D eigenvalue weighted by Gasteiger charge is 2.27. The van der Waals surface area contributed by atoms with E-state index in [0.29, 0.717) is 14.9 Å². The lowest BCUT2D eigenvalue weighted by Gasteiger charge is -1.95. The number of thiophene rings is 1. The van der Waals surface area contributed by atoms with Gasteiger partial charge >= 0.3 is 5.97 Å². The van der Waals surface area contributed by atoms with Gasteiger partial charge < -0.3 is 4.74 Å². The molecule has 0 amide bonds. The van der Waals surface area contributed by atoms with Crippen molar-refractivity contribution in [2.45, 2.75) is 0 Å². The van der Waals surface area contributed by atoms with Gasteiger partial charge in [0.25, 0.3) is 0 Å². The average molecular weight is 374 g/mol. The van der Waals surface area contributed by atoms with Crippen LogP contribution in [0.1, 0.15) is 10.4 Å². The Kier molecular flexibility index (Phi) is 3.88. The van der Waals surface area contributed by atoms with E-state index in [2.05, 4.69) is 4.99 Å². The van der Waals surface area contributed by atoms with Gasteiger partial charge in [0.2, 0.25) is 5.90 Å². The lowest BCUT2D eigenvalue weighted by atomic mass is 10.2. The van der Waals surface area contributed by atoms with Crippen LogP contribution in [-0.2, 0) is 9.53 Å². The van der Waals surface area contributed by atoms with Gasteiger partial charge in [-0.05, 0) is 29.8 Å². The fourth-order valence-corrected chi connectivity index (χ4v) is 3.94. The summed E-state index contributed by atoms with van der Waals surface area (Å²) in [6, 6.07) is 14.9. The predicted molar refractivity (Wildman–Crippen MR) is 98.9 cm³/mol. The minimum absolute atomic E-state index is 0.237. The molecule has 118 valence electrons. The molecule has 0 fully saturated rings. The third kappa shape index (κ3) is 2.73. The third-order valence-corrected chi connectivity index (χ3v) is 5.44. The highest BCUT2D eigenvalue weighted by atomic mass is 35.5. The molecule has 3 aromatic rings. The summed E-state index contributed by atoms with van der Waals surface area (Å²) in [5.41, 5.74) is 1.06. The Bertz CT molecular complexity index is 1020. The van der Waals surface area contributed by atoms with Crippen LogP contribution >= 0.6 is 34.5 Å². The number of benzene rings is 2. The first-order valence-electron chi connectivity index (χ1n) is 7.07. The van der Waals surface area contributed by atoms with Crippen molar-refractivity contribution >= 4 is 62.6 Å². The molecule has 0 bridgehead atoms. The third-order valence-electron chi connectivity index (χ3n) is 3.52. The standard InChI is InChI=1S/C18H9Cl2NO2S/c19-11-7-5-10(6-8-11)9-13-18(22)23-17(21-13)16-15(20)12-3-1-2-4-14(12)24-16/h1-9H/b13-9+. The molecule has 3 nitrogen and oxygen atoms in total. The van der Waals surface area contributed by atoms with Gasteiger partial charge in [0.1, 0.15) is 4.88 Å². The molecule has 0 aliphatic carbocycles. The maximum atomic E-state index is 12.1. The normalized spacial score (nSPS) is 15.8. The molecule has 0 spiro atoms. The molecule has 2 heterocycles. The molecular weight excluding hydrogens is 365 g/mol. The summed E-state index contributed by atoms with van der Waals surface area (Å²) in [5.74, 6) is -0.250. The summed E-state index contributed by atoms with van der Waals surface area (Å²) in [7, 11) is 0. The number of carbonyl (C=O) groups excluding carboxylic acids is 1. The van der Waals surface area contributed by atoms with Gasteiger partial charge in [0.05, 0.1) is 5.02 Å². The van der Waals surface area contributed by atoms with Crippen molar-refractivity contribution in [2.24, 2.45) is 4.99 Å². The maximum Gasteiger partial charge on any atom is 0.363 e. The molecular formula is C18H9Cl2NO2S. The van der Waals surface area contributed by atoms with Crippen molar-refractivity contribution < 1.29 is 9.53 Å². The molecule has 0 saturated heterocycles. The van der Waals surface area contributed by atoms with Crippen molar-refractivity contribution in [3.05, 3.63) is 74.7 Å². The van der Waals surface area contributed by atoms with E-state index in [1.54, 1.807) is 18.2 Å². The van der Waals surface area contributed by atoms with Crippen LogP contribution in [0.4, 0.5) is 0 Å². The highest BCUT2D eigenvalue weighted by molar-refractivity contribution is 7.21. The van der Waals surface area contributed by atoms with E-state index in [1.165, 1.54) is 11.3 Å². The number of cyclic esters (lactones) is 1. The molecule has 1 aliphatic rings. The Morgan fingerprint density at radius 3 is 2.54 bits per heavy atom. The van der Waals surface area contributed by atoms with E-state index in [9.17, 15) is 4.79 Å². The number of hydrogen-bond acceptors (Lipinski definition) is 4. The van der Waals surface area contributed by atoms with Crippen LogP contribution in [0.2, 0.25) is 10.0 Å². The zero-order chi connectivity index (χ0) is 16.7. The molecule has 0 N–H and O–H groups in total. The summed E-state index contributed by atoms with van der Waals surface area (Å²) >= 11 is 13.7. The second kappa shape index (κ2) is 6.06. The van der Waals surface area contributed by atoms with Gasteiger partial charge in [-0.2, -0.15) is 0 Å². The van der Waals surface area contributed by atoms with Gasteiger partial charge in [-0.3, -0.25) is 0 Å². The summed E-state index contributed by atoms with van der Waals surface area (Å²) in [6.45, 7) is 0. The second-order valence-electron chi connectivity index (χ2n) is 5.13. The molecule has 0 atom stereocenters.